The summed E-state index contributed by atoms with van der Waals surface area (Å²) in [4.78, 5) is 10.7. The predicted octanol–water partition coefficient (Wildman–Crippen LogP) is 1.38. The molecule has 0 spiro atoms. The predicted molar refractivity (Wildman–Crippen MR) is 94.9 cm³/mol. The molecule has 1 aliphatic rings. The molecule has 0 aliphatic carbocycles. The molecule has 0 saturated carbocycles. The van der Waals surface area contributed by atoms with Gasteiger partial charge in [-0.15, -0.1) is 0 Å². The first-order chi connectivity index (χ1) is 13.0. The zero-order valence-corrected chi connectivity index (χ0v) is 14.8. The topological polar surface area (TPSA) is 108 Å². The highest BCUT2D eigenvalue weighted by Gasteiger charge is 2.37. The van der Waals surface area contributed by atoms with Crippen molar-refractivity contribution in [3.05, 3.63) is 53.1 Å². The third kappa shape index (κ3) is 3.54. The smallest absolute Gasteiger partial charge is 0.165 e. The lowest BCUT2D eigenvalue weighted by Crippen LogP contribution is -2.18. The Morgan fingerprint density at radius 3 is 2.59 bits per heavy atom. The van der Waals surface area contributed by atoms with Crippen LogP contribution in [-0.4, -0.2) is 37.0 Å². The number of methoxy groups -OCH3 is 2. The standard InChI is InChI=1S/C20H20O7/c1-25-16-9-12(4-5-15(16)22)19-14(10-21)13-7-11(3-6-18(23)24)8-17(26-2)20(13)27-19/h3-9,14,19,21-22H,10H2,1-2H3,(H,23,24)/p-1/b6-3+/t14-,19+/m1/s1. The monoisotopic (exact) mass is 371 g/mol. The second-order valence-electron chi connectivity index (χ2n) is 6.05. The number of aliphatic carboxylic acids is 1. The van der Waals surface area contributed by atoms with Gasteiger partial charge in [-0.3, -0.25) is 0 Å². The number of aliphatic hydroxyl groups excluding tert-OH is 1. The maximum absolute atomic E-state index is 10.7. The number of carboxylic acid groups (broad SMARTS) is 1. The quantitative estimate of drug-likeness (QED) is 0.739. The van der Waals surface area contributed by atoms with Gasteiger partial charge in [0.2, 0.25) is 0 Å². The Hall–Kier alpha value is -3.19. The summed E-state index contributed by atoms with van der Waals surface area (Å²) in [5.41, 5.74) is 2.00. The molecule has 7 nitrogen and oxygen atoms in total. The van der Waals surface area contributed by atoms with Gasteiger partial charge >= 0.3 is 0 Å². The molecule has 0 saturated heterocycles. The Kier molecular flexibility index (Phi) is 5.23. The highest BCUT2D eigenvalue weighted by molar-refractivity contribution is 5.84. The lowest BCUT2D eigenvalue weighted by molar-refractivity contribution is -0.297. The second-order valence-corrected chi connectivity index (χ2v) is 6.05. The molecule has 2 atom stereocenters. The fraction of sp³-hybridized carbons (Fsp3) is 0.250. The van der Waals surface area contributed by atoms with Gasteiger partial charge in [-0.25, -0.2) is 0 Å². The number of aromatic hydroxyl groups is 1. The first kappa shape index (κ1) is 18.6. The molecule has 1 aliphatic heterocycles. The molecule has 0 aromatic heterocycles. The Labute approximate surface area is 156 Å². The van der Waals surface area contributed by atoms with Crippen LogP contribution in [0.3, 0.4) is 0 Å². The molecule has 1 heterocycles. The summed E-state index contributed by atoms with van der Waals surface area (Å²) in [5.74, 6) is -0.493. The molecule has 0 fully saturated rings. The molecule has 2 N–H and O–H groups in total. The van der Waals surface area contributed by atoms with Crippen molar-refractivity contribution in [1.29, 1.82) is 0 Å². The van der Waals surface area contributed by atoms with Crippen LogP contribution in [-0.2, 0) is 4.79 Å². The summed E-state index contributed by atoms with van der Waals surface area (Å²) < 4.78 is 16.6. The molecule has 0 unspecified atom stereocenters. The molecule has 2 aromatic rings. The van der Waals surface area contributed by atoms with E-state index in [4.69, 9.17) is 14.2 Å². The molecular weight excluding hydrogens is 352 g/mol. The summed E-state index contributed by atoms with van der Waals surface area (Å²) in [6, 6.07) is 8.24. The van der Waals surface area contributed by atoms with E-state index in [1.807, 2.05) is 0 Å². The average molecular weight is 371 g/mol. The van der Waals surface area contributed by atoms with E-state index in [-0.39, 0.29) is 12.4 Å². The van der Waals surface area contributed by atoms with E-state index in [0.29, 0.717) is 33.9 Å². The van der Waals surface area contributed by atoms with Gasteiger partial charge in [-0.1, -0.05) is 12.1 Å². The number of hydrogen-bond donors (Lipinski definition) is 2. The average Bonchev–Trinajstić information content (AvgIpc) is 3.04. The maximum Gasteiger partial charge on any atom is 0.165 e. The van der Waals surface area contributed by atoms with E-state index < -0.39 is 18.0 Å². The lowest BCUT2D eigenvalue weighted by atomic mass is 9.90. The normalized spacial score (nSPS) is 18.2. The third-order valence-electron chi connectivity index (χ3n) is 4.48. The number of phenols is 1. The highest BCUT2D eigenvalue weighted by atomic mass is 16.5. The molecule has 0 bridgehead atoms. The van der Waals surface area contributed by atoms with Gasteiger partial charge in [0, 0.05) is 5.56 Å². The van der Waals surface area contributed by atoms with Crippen LogP contribution in [0, 0.1) is 0 Å². The van der Waals surface area contributed by atoms with Crippen LogP contribution >= 0.6 is 0 Å². The fourth-order valence-electron chi connectivity index (χ4n) is 3.20. The largest absolute Gasteiger partial charge is 0.545 e. The Bertz CT molecular complexity index is 888. The molecule has 0 amide bonds. The number of rotatable bonds is 6. The van der Waals surface area contributed by atoms with E-state index >= 15 is 0 Å². The van der Waals surface area contributed by atoms with Crippen molar-refractivity contribution < 1.29 is 34.3 Å². The van der Waals surface area contributed by atoms with Gasteiger partial charge in [0.25, 0.3) is 0 Å². The van der Waals surface area contributed by atoms with Crippen molar-refractivity contribution in [3.8, 4) is 23.0 Å². The molecule has 27 heavy (non-hydrogen) atoms. The van der Waals surface area contributed by atoms with Crippen LogP contribution in [0.4, 0.5) is 0 Å². The van der Waals surface area contributed by atoms with Crippen molar-refractivity contribution in [2.45, 2.75) is 12.0 Å². The minimum atomic E-state index is -1.31. The van der Waals surface area contributed by atoms with Crippen molar-refractivity contribution in [2.24, 2.45) is 0 Å². The lowest BCUT2D eigenvalue weighted by Gasteiger charge is -2.18. The molecule has 2 aromatic carbocycles. The first-order valence-electron chi connectivity index (χ1n) is 8.24. The number of carboxylic acids is 1. The fourth-order valence-corrected chi connectivity index (χ4v) is 3.20. The highest BCUT2D eigenvalue weighted by Crippen LogP contribution is 2.51. The number of aliphatic hydroxyl groups is 1. The van der Waals surface area contributed by atoms with E-state index in [9.17, 15) is 20.1 Å². The second kappa shape index (κ2) is 7.59. The number of phenolic OH excluding ortho intramolecular Hbond substituents is 1. The number of fused-ring (bicyclic) bond motifs is 1. The van der Waals surface area contributed by atoms with Gasteiger partial charge < -0.3 is 34.3 Å². The Balaban J connectivity index is 2.04. The van der Waals surface area contributed by atoms with E-state index in [0.717, 1.165) is 6.08 Å². The SMILES string of the molecule is COc1cc([C@@H]2Oc3c(OC)cc(/C=C/C(=O)[O-])cc3[C@H]2CO)ccc1O. The van der Waals surface area contributed by atoms with Crippen molar-refractivity contribution >= 4 is 12.0 Å². The maximum atomic E-state index is 10.7. The summed E-state index contributed by atoms with van der Waals surface area (Å²) in [6.45, 7) is -0.197. The van der Waals surface area contributed by atoms with Crippen LogP contribution in [0.15, 0.2) is 36.4 Å². The summed E-state index contributed by atoms with van der Waals surface area (Å²) in [6.07, 6.45) is 1.80. The molecule has 7 heteroatoms. The first-order valence-corrected chi connectivity index (χ1v) is 8.24. The number of carbonyl (C=O) groups is 1. The number of hydrogen-bond acceptors (Lipinski definition) is 7. The molecule has 3 rings (SSSR count). The molecule has 0 radical (unpaired) electrons. The number of ether oxygens (including phenoxy) is 3. The van der Waals surface area contributed by atoms with E-state index in [1.165, 1.54) is 26.4 Å². The minimum Gasteiger partial charge on any atom is -0.545 e. The zero-order valence-electron chi connectivity index (χ0n) is 14.8. The Morgan fingerprint density at radius 2 is 1.96 bits per heavy atom. The van der Waals surface area contributed by atoms with Crippen molar-refractivity contribution in [1.82, 2.24) is 0 Å². The van der Waals surface area contributed by atoms with Gasteiger partial charge in [0.15, 0.2) is 23.0 Å². The van der Waals surface area contributed by atoms with Crippen LogP contribution < -0.4 is 19.3 Å². The zero-order chi connectivity index (χ0) is 19.6. The van der Waals surface area contributed by atoms with Gasteiger partial charge in [0.1, 0.15) is 6.10 Å². The van der Waals surface area contributed by atoms with Crippen molar-refractivity contribution in [3.63, 3.8) is 0 Å². The van der Waals surface area contributed by atoms with Crippen molar-refractivity contribution in [2.75, 3.05) is 20.8 Å². The van der Waals surface area contributed by atoms with Gasteiger partial charge in [-0.2, -0.15) is 0 Å². The summed E-state index contributed by atoms with van der Waals surface area (Å²) >= 11 is 0. The molecule has 142 valence electrons. The number of benzene rings is 2. The van der Waals surface area contributed by atoms with Crippen LogP contribution in [0.2, 0.25) is 0 Å². The Morgan fingerprint density at radius 1 is 1.22 bits per heavy atom. The van der Waals surface area contributed by atoms with Crippen LogP contribution in [0.25, 0.3) is 6.08 Å². The summed E-state index contributed by atoms with van der Waals surface area (Å²) in [5, 5.41) is 30.5. The van der Waals surface area contributed by atoms with Crippen LogP contribution in [0.1, 0.15) is 28.7 Å². The third-order valence-corrected chi connectivity index (χ3v) is 4.48. The molecular formula is C20H19O7-. The number of carbonyl (C=O) groups excluding carboxylic acids is 1. The minimum absolute atomic E-state index is 0.00425. The van der Waals surface area contributed by atoms with E-state index in [1.54, 1.807) is 24.3 Å². The van der Waals surface area contributed by atoms with E-state index in [2.05, 4.69) is 0 Å². The van der Waals surface area contributed by atoms with Crippen LogP contribution in [0.5, 0.6) is 23.0 Å². The van der Waals surface area contributed by atoms with Gasteiger partial charge in [-0.05, 0) is 41.5 Å². The summed E-state index contributed by atoms with van der Waals surface area (Å²) in [7, 11) is 2.93. The van der Waals surface area contributed by atoms with Gasteiger partial charge in [0.05, 0.1) is 32.7 Å².